The molecule has 0 aromatic carbocycles. The second kappa shape index (κ2) is 5.95. The van der Waals surface area contributed by atoms with Crippen molar-refractivity contribution in [3.63, 3.8) is 0 Å². The fraction of sp³-hybridized carbons (Fsp3) is 0.643. The first-order valence-corrected chi connectivity index (χ1v) is 7.41. The summed E-state index contributed by atoms with van der Waals surface area (Å²) < 4.78 is 41.7. The van der Waals surface area contributed by atoms with Crippen LogP contribution in [0.4, 0.5) is 18.9 Å². The van der Waals surface area contributed by atoms with Gasteiger partial charge in [-0.1, -0.05) is 12.8 Å². The number of rotatable bonds is 4. The molecule has 2 aliphatic rings. The van der Waals surface area contributed by atoms with Crippen molar-refractivity contribution in [1.82, 2.24) is 9.78 Å². The lowest BCUT2D eigenvalue weighted by atomic mass is 9.81. The molecular weight excluding hydrogens is 315 g/mol. The van der Waals surface area contributed by atoms with Crippen molar-refractivity contribution in [2.45, 2.75) is 38.6 Å². The minimum absolute atomic E-state index is 0.240. The number of alkyl halides is 3. The minimum atomic E-state index is -4.41. The molecule has 0 bridgehead atoms. The van der Waals surface area contributed by atoms with E-state index in [0.717, 1.165) is 22.4 Å². The van der Waals surface area contributed by atoms with Crippen LogP contribution in [-0.2, 0) is 21.1 Å². The Bertz CT molecular complexity index is 590. The molecule has 0 N–H and O–H groups in total. The fourth-order valence-corrected chi connectivity index (χ4v) is 3.21. The number of carbonyl (C=O) groups excluding carboxylic acids is 2. The van der Waals surface area contributed by atoms with Gasteiger partial charge in [0, 0.05) is 0 Å². The van der Waals surface area contributed by atoms with Crippen LogP contribution in [-0.4, -0.2) is 34.4 Å². The molecule has 2 atom stereocenters. The highest BCUT2D eigenvalue weighted by Gasteiger charge is 2.49. The van der Waals surface area contributed by atoms with E-state index in [1.54, 1.807) is 0 Å². The van der Waals surface area contributed by atoms with Crippen molar-refractivity contribution in [2.75, 3.05) is 11.5 Å². The van der Waals surface area contributed by atoms with Gasteiger partial charge < -0.3 is 4.74 Å². The van der Waals surface area contributed by atoms with E-state index in [9.17, 15) is 22.8 Å². The largest absolute Gasteiger partial charge is 0.411 e. The normalized spacial score (nSPS) is 25.1. The third-order valence-electron chi connectivity index (χ3n) is 4.21. The number of hydrogen-bond acceptors (Lipinski definition) is 4. The summed E-state index contributed by atoms with van der Waals surface area (Å²) in [5.41, 5.74) is 0.282. The first kappa shape index (κ1) is 16.0. The van der Waals surface area contributed by atoms with E-state index in [1.165, 1.54) is 12.4 Å². The molecule has 2 fully saturated rings. The smallest absolute Gasteiger partial charge is 0.350 e. The number of fused-ring (bicyclic) bond motifs is 1. The minimum Gasteiger partial charge on any atom is -0.350 e. The van der Waals surface area contributed by atoms with Crippen molar-refractivity contribution in [3.05, 3.63) is 12.4 Å². The van der Waals surface area contributed by atoms with Gasteiger partial charge in [-0.05, 0) is 12.8 Å². The third kappa shape index (κ3) is 3.24. The third-order valence-corrected chi connectivity index (χ3v) is 4.21. The van der Waals surface area contributed by atoms with E-state index in [-0.39, 0.29) is 29.3 Å². The molecule has 0 unspecified atom stereocenters. The van der Waals surface area contributed by atoms with Crippen LogP contribution in [0.5, 0.6) is 0 Å². The van der Waals surface area contributed by atoms with E-state index in [0.29, 0.717) is 12.8 Å². The maximum Gasteiger partial charge on any atom is 0.411 e. The van der Waals surface area contributed by atoms with E-state index >= 15 is 0 Å². The second-order valence-corrected chi connectivity index (χ2v) is 5.84. The molecule has 2 heterocycles. The summed E-state index contributed by atoms with van der Waals surface area (Å²) in [5.74, 6) is -1.03. The number of anilines is 1. The summed E-state index contributed by atoms with van der Waals surface area (Å²) in [5, 5.41) is 3.84. The number of nitrogens with zero attached hydrogens (tertiary/aromatic N) is 3. The number of hydrogen-bond donors (Lipinski definition) is 0. The highest BCUT2D eigenvalue weighted by Crippen LogP contribution is 2.39. The van der Waals surface area contributed by atoms with Gasteiger partial charge in [-0.3, -0.25) is 9.59 Å². The van der Waals surface area contributed by atoms with E-state index < -0.39 is 19.5 Å². The molecular formula is C14H16F3N3O3. The first-order valence-electron chi connectivity index (χ1n) is 7.41. The van der Waals surface area contributed by atoms with Gasteiger partial charge in [-0.2, -0.15) is 18.3 Å². The Kier molecular flexibility index (Phi) is 4.13. The van der Waals surface area contributed by atoms with Crippen molar-refractivity contribution >= 4 is 17.5 Å². The fourth-order valence-electron chi connectivity index (χ4n) is 3.21. The molecule has 9 heteroatoms. The van der Waals surface area contributed by atoms with Gasteiger partial charge >= 0.3 is 6.18 Å². The predicted octanol–water partition coefficient (Wildman–Crippen LogP) is 2.10. The Morgan fingerprint density at radius 2 is 1.78 bits per heavy atom. The molecule has 1 aromatic heterocycles. The molecule has 126 valence electrons. The lowest BCUT2D eigenvalue weighted by molar-refractivity contribution is -0.182. The molecule has 23 heavy (non-hydrogen) atoms. The highest BCUT2D eigenvalue weighted by molar-refractivity contribution is 6.21. The van der Waals surface area contributed by atoms with Crippen LogP contribution in [0.15, 0.2) is 12.4 Å². The lowest BCUT2D eigenvalue weighted by Gasteiger charge is -2.19. The summed E-state index contributed by atoms with van der Waals surface area (Å²) in [4.78, 5) is 25.9. The van der Waals surface area contributed by atoms with Crippen LogP contribution in [0.25, 0.3) is 0 Å². The van der Waals surface area contributed by atoms with Crippen molar-refractivity contribution in [2.24, 2.45) is 11.8 Å². The average Bonchev–Trinajstić information content (AvgIpc) is 3.03. The standard InChI is InChI=1S/C14H16F3N3O3/c15-14(16,17)7-23-8-19-6-9(5-18-19)20-12(21)10-3-1-2-4-11(10)13(20)22/h5-6,10-11H,1-4,7-8H2/t10-,11-/m0/s1. The van der Waals surface area contributed by atoms with Gasteiger partial charge in [0.1, 0.15) is 13.3 Å². The van der Waals surface area contributed by atoms with Crippen LogP contribution >= 0.6 is 0 Å². The number of aromatic nitrogens is 2. The van der Waals surface area contributed by atoms with Crippen molar-refractivity contribution < 1.29 is 27.5 Å². The second-order valence-electron chi connectivity index (χ2n) is 5.84. The summed E-state index contributed by atoms with van der Waals surface area (Å²) in [6, 6.07) is 0. The lowest BCUT2D eigenvalue weighted by Crippen LogP contribution is -2.30. The maximum absolute atomic E-state index is 12.4. The van der Waals surface area contributed by atoms with Crippen LogP contribution in [0.3, 0.4) is 0 Å². The van der Waals surface area contributed by atoms with Gasteiger partial charge in [0.2, 0.25) is 11.8 Å². The molecule has 3 rings (SSSR count). The number of halogens is 3. The maximum atomic E-state index is 12.4. The number of carbonyl (C=O) groups is 2. The quantitative estimate of drug-likeness (QED) is 0.793. The average molecular weight is 331 g/mol. The van der Waals surface area contributed by atoms with E-state index in [4.69, 9.17) is 0 Å². The van der Waals surface area contributed by atoms with Crippen molar-refractivity contribution in [3.8, 4) is 0 Å². The number of amides is 2. The Morgan fingerprint density at radius 3 is 2.35 bits per heavy atom. The molecule has 1 aromatic rings. The first-order chi connectivity index (χ1) is 10.9. The van der Waals surface area contributed by atoms with Gasteiger partial charge in [-0.25, -0.2) is 9.58 Å². The monoisotopic (exact) mass is 331 g/mol. The van der Waals surface area contributed by atoms with Gasteiger partial charge in [0.25, 0.3) is 0 Å². The zero-order valence-corrected chi connectivity index (χ0v) is 12.3. The predicted molar refractivity (Wildman–Crippen MR) is 72.2 cm³/mol. The van der Waals surface area contributed by atoms with E-state index in [1.807, 2.05) is 0 Å². The summed E-state index contributed by atoms with van der Waals surface area (Å²) in [7, 11) is 0. The van der Waals surface area contributed by atoms with E-state index in [2.05, 4.69) is 9.84 Å². The molecule has 6 nitrogen and oxygen atoms in total. The molecule has 1 aliphatic heterocycles. The SMILES string of the molecule is O=C1[C@H]2CCCC[C@@H]2C(=O)N1c1cnn(COCC(F)(F)F)c1. The molecule has 1 saturated heterocycles. The van der Waals surface area contributed by atoms with Crippen LogP contribution < -0.4 is 4.90 Å². The summed E-state index contributed by atoms with van der Waals surface area (Å²) in [6.45, 7) is -1.78. The molecule has 2 amide bonds. The molecule has 0 spiro atoms. The van der Waals surface area contributed by atoms with Crippen LogP contribution in [0, 0.1) is 11.8 Å². The number of imide groups is 1. The highest BCUT2D eigenvalue weighted by atomic mass is 19.4. The van der Waals surface area contributed by atoms with Gasteiger partial charge in [0.05, 0.1) is 29.9 Å². The number of ether oxygens (including phenoxy) is 1. The Hall–Kier alpha value is -1.90. The Labute approximate surface area is 130 Å². The van der Waals surface area contributed by atoms with Crippen LogP contribution in [0.1, 0.15) is 25.7 Å². The zero-order valence-electron chi connectivity index (χ0n) is 12.3. The topological polar surface area (TPSA) is 64.4 Å². The van der Waals surface area contributed by atoms with Gasteiger partial charge in [0.15, 0.2) is 0 Å². The molecule has 1 saturated carbocycles. The van der Waals surface area contributed by atoms with Crippen molar-refractivity contribution in [1.29, 1.82) is 0 Å². The Morgan fingerprint density at radius 1 is 1.17 bits per heavy atom. The Balaban J connectivity index is 1.68. The molecule has 0 radical (unpaired) electrons. The summed E-state index contributed by atoms with van der Waals surface area (Å²) in [6.07, 6.45) is 1.50. The van der Waals surface area contributed by atoms with Crippen LogP contribution in [0.2, 0.25) is 0 Å². The molecule has 1 aliphatic carbocycles. The zero-order chi connectivity index (χ0) is 16.6. The summed E-state index contributed by atoms with van der Waals surface area (Å²) >= 11 is 0. The van der Waals surface area contributed by atoms with Gasteiger partial charge in [-0.15, -0.1) is 0 Å².